The van der Waals surface area contributed by atoms with Gasteiger partial charge in [-0.05, 0) is 31.2 Å². The van der Waals surface area contributed by atoms with E-state index in [-0.39, 0.29) is 5.69 Å². The van der Waals surface area contributed by atoms with Gasteiger partial charge in [-0.25, -0.2) is 4.79 Å². The van der Waals surface area contributed by atoms with Crippen molar-refractivity contribution in [2.24, 2.45) is 0 Å². The lowest BCUT2D eigenvalue weighted by Gasteiger charge is -2.04. The van der Waals surface area contributed by atoms with Crippen molar-refractivity contribution in [1.29, 1.82) is 0 Å². The Morgan fingerprint density at radius 3 is 2.53 bits per heavy atom. The van der Waals surface area contributed by atoms with E-state index >= 15 is 0 Å². The highest BCUT2D eigenvalue weighted by Gasteiger charge is 2.09. The minimum absolute atomic E-state index is 0.146. The zero-order valence-electron chi connectivity index (χ0n) is 10.8. The number of benzene rings is 2. The topological polar surface area (TPSA) is 47.0 Å². The Bertz CT molecular complexity index is 782. The lowest BCUT2D eigenvalue weighted by atomic mass is 10.2. The number of H-pyrrole nitrogens is 1. The Balaban J connectivity index is 2.26. The fourth-order valence-electron chi connectivity index (χ4n) is 2.17. The van der Waals surface area contributed by atoms with Crippen LogP contribution in [-0.2, 0) is 0 Å². The number of ether oxygens (including phenoxy) is 1. The second-order valence-corrected chi connectivity index (χ2v) is 4.48. The van der Waals surface area contributed by atoms with Crippen LogP contribution in [0.25, 0.3) is 16.7 Å². The molecule has 0 unspecified atom stereocenters. The van der Waals surface area contributed by atoms with Crippen molar-refractivity contribution in [2.45, 2.75) is 6.92 Å². The van der Waals surface area contributed by atoms with Gasteiger partial charge in [-0.2, -0.15) is 0 Å². The number of imidazole rings is 1. The standard InChI is InChI=1S/C15H14N2O2/c1-10-3-5-11(6-4-10)17-14-8-7-12(19-2)9-13(14)16-15(17)18/h3-9H,1-2H3,(H,16,18). The maximum Gasteiger partial charge on any atom is 0.331 e. The number of hydrogen-bond acceptors (Lipinski definition) is 2. The summed E-state index contributed by atoms with van der Waals surface area (Å²) in [5.41, 5.74) is 3.48. The number of nitrogens with one attached hydrogen (secondary N) is 1. The molecule has 0 aliphatic carbocycles. The van der Waals surface area contributed by atoms with Gasteiger partial charge in [0.1, 0.15) is 5.75 Å². The van der Waals surface area contributed by atoms with Crippen LogP contribution in [0.3, 0.4) is 0 Å². The van der Waals surface area contributed by atoms with Crippen molar-refractivity contribution in [2.75, 3.05) is 7.11 Å². The molecule has 3 rings (SSSR count). The van der Waals surface area contributed by atoms with Gasteiger partial charge in [0.25, 0.3) is 0 Å². The molecule has 0 spiro atoms. The maximum absolute atomic E-state index is 12.1. The first-order valence-corrected chi connectivity index (χ1v) is 6.05. The smallest absolute Gasteiger partial charge is 0.331 e. The van der Waals surface area contributed by atoms with Crippen LogP contribution in [0.2, 0.25) is 0 Å². The Morgan fingerprint density at radius 2 is 1.84 bits per heavy atom. The third-order valence-corrected chi connectivity index (χ3v) is 3.18. The fraction of sp³-hybridized carbons (Fsp3) is 0.133. The van der Waals surface area contributed by atoms with Gasteiger partial charge in [0.05, 0.1) is 23.8 Å². The molecule has 1 N–H and O–H groups in total. The molecule has 0 fully saturated rings. The van der Waals surface area contributed by atoms with Crippen molar-refractivity contribution in [3.63, 3.8) is 0 Å². The molecular formula is C15H14N2O2. The number of aromatic amines is 1. The van der Waals surface area contributed by atoms with Crippen LogP contribution in [-0.4, -0.2) is 16.7 Å². The van der Waals surface area contributed by atoms with E-state index in [1.165, 1.54) is 5.56 Å². The van der Waals surface area contributed by atoms with Gasteiger partial charge >= 0.3 is 5.69 Å². The van der Waals surface area contributed by atoms with Gasteiger partial charge in [0, 0.05) is 6.07 Å². The van der Waals surface area contributed by atoms with Crippen molar-refractivity contribution >= 4 is 11.0 Å². The zero-order chi connectivity index (χ0) is 13.4. The summed E-state index contributed by atoms with van der Waals surface area (Å²) in [7, 11) is 1.61. The molecule has 1 aromatic heterocycles. The van der Waals surface area contributed by atoms with Crippen LogP contribution in [0.1, 0.15) is 5.56 Å². The van der Waals surface area contributed by atoms with E-state index in [1.807, 2.05) is 49.4 Å². The second-order valence-electron chi connectivity index (χ2n) is 4.48. The normalized spacial score (nSPS) is 10.8. The van der Waals surface area contributed by atoms with Crippen molar-refractivity contribution in [3.8, 4) is 11.4 Å². The molecule has 4 heteroatoms. The first kappa shape index (κ1) is 11.6. The number of rotatable bonds is 2. The number of aromatic nitrogens is 2. The molecule has 0 bridgehead atoms. The average Bonchev–Trinajstić information content (AvgIpc) is 2.74. The van der Waals surface area contributed by atoms with Crippen molar-refractivity contribution in [1.82, 2.24) is 9.55 Å². The highest BCUT2D eigenvalue weighted by Crippen LogP contribution is 2.20. The van der Waals surface area contributed by atoms with E-state index < -0.39 is 0 Å². The quantitative estimate of drug-likeness (QED) is 0.764. The highest BCUT2D eigenvalue weighted by atomic mass is 16.5. The first-order chi connectivity index (χ1) is 9.19. The molecule has 0 aliphatic heterocycles. The third kappa shape index (κ3) is 1.91. The lowest BCUT2D eigenvalue weighted by Crippen LogP contribution is -2.14. The van der Waals surface area contributed by atoms with E-state index in [2.05, 4.69) is 4.98 Å². The Morgan fingerprint density at radius 1 is 1.11 bits per heavy atom. The maximum atomic E-state index is 12.1. The van der Waals surface area contributed by atoms with Gasteiger partial charge in [-0.15, -0.1) is 0 Å². The zero-order valence-corrected chi connectivity index (χ0v) is 10.8. The molecular weight excluding hydrogens is 240 g/mol. The summed E-state index contributed by atoms with van der Waals surface area (Å²) in [6.45, 7) is 2.02. The fourth-order valence-corrected chi connectivity index (χ4v) is 2.17. The highest BCUT2D eigenvalue weighted by molar-refractivity contribution is 5.78. The van der Waals surface area contributed by atoms with E-state index in [4.69, 9.17) is 4.74 Å². The number of nitrogens with zero attached hydrogens (tertiary/aromatic N) is 1. The predicted molar refractivity (Wildman–Crippen MR) is 75.2 cm³/mol. The molecule has 0 radical (unpaired) electrons. The predicted octanol–water partition coefficient (Wildman–Crippen LogP) is 2.64. The molecule has 2 aromatic carbocycles. The van der Waals surface area contributed by atoms with Crippen LogP contribution in [0.15, 0.2) is 47.3 Å². The van der Waals surface area contributed by atoms with E-state index in [1.54, 1.807) is 11.7 Å². The lowest BCUT2D eigenvalue weighted by molar-refractivity contribution is 0.415. The molecule has 0 amide bonds. The molecule has 0 saturated heterocycles. The van der Waals surface area contributed by atoms with E-state index in [0.29, 0.717) is 0 Å². The Kier molecular flexibility index (Phi) is 2.63. The molecule has 19 heavy (non-hydrogen) atoms. The molecule has 0 atom stereocenters. The van der Waals surface area contributed by atoms with Gasteiger partial charge in [0.2, 0.25) is 0 Å². The van der Waals surface area contributed by atoms with Gasteiger partial charge in [0.15, 0.2) is 0 Å². The summed E-state index contributed by atoms with van der Waals surface area (Å²) in [5, 5.41) is 0. The third-order valence-electron chi connectivity index (χ3n) is 3.18. The monoisotopic (exact) mass is 254 g/mol. The van der Waals surface area contributed by atoms with Crippen LogP contribution >= 0.6 is 0 Å². The molecule has 0 aliphatic rings. The van der Waals surface area contributed by atoms with Crippen LogP contribution in [0.4, 0.5) is 0 Å². The Labute approximate surface area is 110 Å². The Hall–Kier alpha value is -2.49. The molecule has 1 heterocycles. The van der Waals surface area contributed by atoms with Crippen LogP contribution in [0, 0.1) is 6.92 Å². The summed E-state index contributed by atoms with van der Waals surface area (Å²) in [5.74, 6) is 0.727. The summed E-state index contributed by atoms with van der Waals surface area (Å²) in [6, 6.07) is 13.4. The summed E-state index contributed by atoms with van der Waals surface area (Å²) < 4.78 is 6.82. The summed E-state index contributed by atoms with van der Waals surface area (Å²) in [4.78, 5) is 14.9. The van der Waals surface area contributed by atoms with E-state index in [0.717, 1.165) is 22.5 Å². The van der Waals surface area contributed by atoms with Gasteiger partial charge < -0.3 is 9.72 Å². The molecule has 3 aromatic rings. The summed E-state index contributed by atoms with van der Waals surface area (Å²) >= 11 is 0. The first-order valence-electron chi connectivity index (χ1n) is 6.05. The SMILES string of the molecule is COc1ccc2c(c1)[nH]c(=O)n2-c1ccc(C)cc1. The number of aryl methyl sites for hydroxylation is 1. The van der Waals surface area contributed by atoms with Crippen LogP contribution < -0.4 is 10.4 Å². The second kappa shape index (κ2) is 4.31. The minimum Gasteiger partial charge on any atom is -0.497 e. The largest absolute Gasteiger partial charge is 0.497 e. The van der Waals surface area contributed by atoms with Crippen molar-refractivity contribution in [3.05, 3.63) is 58.5 Å². The molecule has 96 valence electrons. The van der Waals surface area contributed by atoms with Gasteiger partial charge in [-0.3, -0.25) is 4.57 Å². The minimum atomic E-state index is -0.146. The molecule has 4 nitrogen and oxygen atoms in total. The molecule has 0 saturated carbocycles. The van der Waals surface area contributed by atoms with Crippen LogP contribution in [0.5, 0.6) is 5.75 Å². The van der Waals surface area contributed by atoms with Crippen molar-refractivity contribution < 1.29 is 4.74 Å². The average molecular weight is 254 g/mol. The number of fused-ring (bicyclic) bond motifs is 1. The summed E-state index contributed by atoms with van der Waals surface area (Å²) in [6.07, 6.45) is 0. The van der Waals surface area contributed by atoms with E-state index in [9.17, 15) is 4.79 Å². The van der Waals surface area contributed by atoms with Gasteiger partial charge in [-0.1, -0.05) is 17.7 Å². The number of hydrogen-bond donors (Lipinski definition) is 1. The number of methoxy groups -OCH3 is 1.